The molecule has 1 N–H and O–H groups in total. The Kier molecular flexibility index (Phi) is 5.46. The van der Waals surface area contributed by atoms with Gasteiger partial charge in [0.1, 0.15) is 5.69 Å². The lowest BCUT2D eigenvalue weighted by Gasteiger charge is -2.15. The van der Waals surface area contributed by atoms with E-state index in [9.17, 15) is 13.2 Å². The lowest BCUT2D eigenvalue weighted by molar-refractivity contribution is 0.0951. The molecule has 1 saturated heterocycles. The molecule has 1 aliphatic heterocycles. The fourth-order valence-corrected chi connectivity index (χ4v) is 4.80. The van der Waals surface area contributed by atoms with Crippen molar-refractivity contribution in [2.45, 2.75) is 24.3 Å². The maximum Gasteiger partial charge on any atom is 0.251 e. The van der Waals surface area contributed by atoms with Gasteiger partial charge in [-0.25, -0.2) is 8.42 Å². The second kappa shape index (κ2) is 8.18. The Hall–Kier alpha value is -2.97. The topological polar surface area (TPSA) is 92.5 Å². The van der Waals surface area contributed by atoms with Crippen LogP contribution in [0.5, 0.6) is 0 Å². The van der Waals surface area contributed by atoms with E-state index in [-0.39, 0.29) is 10.8 Å². The Balaban J connectivity index is 1.41. The molecular weight excluding hydrogens is 390 g/mol. The number of sulfonamides is 1. The van der Waals surface area contributed by atoms with E-state index >= 15 is 0 Å². The van der Waals surface area contributed by atoms with Crippen molar-refractivity contribution in [1.29, 1.82) is 0 Å². The number of nitrogens with one attached hydrogen (secondary N) is 1. The van der Waals surface area contributed by atoms with Crippen molar-refractivity contribution in [3.05, 3.63) is 72.1 Å². The highest BCUT2D eigenvalue weighted by atomic mass is 32.2. The molecule has 0 radical (unpaired) electrons. The molecule has 0 spiro atoms. The number of benzene rings is 1. The number of hydrogen-bond acceptors (Lipinski definition) is 5. The molecule has 1 fully saturated rings. The van der Waals surface area contributed by atoms with E-state index in [1.165, 1.54) is 16.4 Å². The minimum absolute atomic E-state index is 0.216. The van der Waals surface area contributed by atoms with Crippen molar-refractivity contribution in [2.24, 2.45) is 0 Å². The van der Waals surface area contributed by atoms with E-state index in [2.05, 4.69) is 10.3 Å². The lowest BCUT2D eigenvalue weighted by Crippen LogP contribution is -2.28. The van der Waals surface area contributed by atoms with Crippen molar-refractivity contribution >= 4 is 15.9 Å². The summed E-state index contributed by atoms with van der Waals surface area (Å²) >= 11 is 0. The zero-order valence-electron chi connectivity index (χ0n) is 15.7. The summed E-state index contributed by atoms with van der Waals surface area (Å²) in [7, 11) is -3.48. The van der Waals surface area contributed by atoms with Gasteiger partial charge in [-0.05, 0) is 66.9 Å². The summed E-state index contributed by atoms with van der Waals surface area (Å²) < 4.78 is 32.0. The number of pyridine rings is 1. The first-order chi connectivity index (χ1) is 14.0. The lowest BCUT2D eigenvalue weighted by atomic mass is 10.2. The molecule has 3 aromatic rings. The quantitative estimate of drug-likeness (QED) is 0.673. The van der Waals surface area contributed by atoms with Crippen LogP contribution in [0.2, 0.25) is 0 Å². The van der Waals surface area contributed by atoms with Gasteiger partial charge < -0.3 is 9.73 Å². The summed E-state index contributed by atoms with van der Waals surface area (Å²) in [4.78, 5) is 16.9. The van der Waals surface area contributed by atoms with Gasteiger partial charge in [0.15, 0.2) is 5.76 Å². The first kappa shape index (κ1) is 19.4. The fraction of sp³-hybridized carbons (Fsp3) is 0.238. The Labute approximate surface area is 169 Å². The standard InChI is InChI=1S/C21H21N3O4S/c25-21(23-15-16-9-10-22-19(14-16)20-4-3-13-28-20)17-5-7-18(8-6-17)29(26,27)24-11-1-2-12-24/h3-10,13-14H,1-2,11-12,15H2,(H,23,25). The maximum absolute atomic E-state index is 12.6. The zero-order valence-corrected chi connectivity index (χ0v) is 16.6. The number of rotatable bonds is 6. The van der Waals surface area contributed by atoms with Gasteiger partial charge in [0, 0.05) is 31.4 Å². The molecule has 0 unspecified atom stereocenters. The minimum Gasteiger partial charge on any atom is -0.463 e. The van der Waals surface area contributed by atoms with Crippen LogP contribution in [0, 0.1) is 0 Å². The molecule has 29 heavy (non-hydrogen) atoms. The Bertz CT molecular complexity index is 1090. The molecule has 1 amide bonds. The summed E-state index contributed by atoms with van der Waals surface area (Å²) in [5.74, 6) is 0.388. The van der Waals surface area contributed by atoms with E-state index in [1.807, 2.05) is 18.2 Å². The van der Waals surface area contributed by atoms with Gasteiger partial charge >= 0.3 is 0 Å². The highest BCUT2D eigenvalue weighted by Crippen LogP contribution is 2.21. The molecule has 4 rings (SSSR count). The maximum atomic E-state index is 12.6. The number of furan rings is 1. The van der Waals surface area contributed by atoms with Crippen LogP contribution < -0.4 is 5.32 Å². The van der Waals surface area contributed by atoms with Crippen LogP contribution in [0.4, 0.5) is 0 Å². The van der Waals surface area contributed by atoms with E-state index < -0.39 is 10.0 Å². The van der Waals surface area contributed by atoms with Crippen LogP contribution in [0.15, 0.2) is 70.3 Å². The van der Waals surface area contributed by atoms with Crippen molar-refractivity contribution in [3.8, 4) is 11.5 Å². The highest BCUT2D eigenvalue weighted by Gasteiger charge is 2.27. The molecule has 150 valence electrons. The van der Waals surface area contributed by atoms with E-state index in [4.69, 9.17) is 4.42 Å². The molecule has 3 heterocycles. The summed E-state index contributed by atoms with van der Waals surface area (Å²) in [6.07, 6.45) is 5.02. The van der Waals surface area contributed by atoms with E-state index in [0.717, 1.165) is 18.4 Å². The third-order valence-electron chi connectivity index (χ3n) is 4.87. The molecule has 0 atom stereocenters. The van der Waals surface area contributed by atoms with Gasteiger partial charge in [-0.3, -0.25) is 9.78 Å². The van der Waals surface area contributed by atoms with Crippen LogP contribution in [0.3, 0.4) is 0 Å². The fourth-order valence-electron chi connectivity index (χ4n) is 3.28. The molecule has 0 aliphatic carbocycles. The molecule has 0 bridgehead atoms. The van der Waals surface area contributed by atoms with Crippen LogP contribution in [-0.4, -0.2) is 36.7 Å². The van der Waals surface area contributed by atoms with Gasteiger partial charge in [-0.2, -0.15) is 4.31 Å². The van der Waals surface area contributed by atoms with Crippen molar-refractivity contribution in [3.63, 3.8) is 0 Å². The van der Waals surface area contributed by atoms with Gasteiger partial charge in [-0.15, -0.1) is 0 Å². The molecular formula is C21H21N3O4S. The van der Waals surface area contributed by atoms with Crippen LogP contribution in [-0.2, 0) is 16.6 Å². The number of hydrogen-bond donors (Lipinski definition) is 1. The largest absolute Gasteiger partial charge is 0.463 e. The van der Waals surface area contributed by atoms with Crippen LogP contribution in [0.25, 0.3) is 11.5 Å². The first-order valence-electron chi connectivity index (χ1n) is 9.41. The van der Waals surface area contributed by atoms with Crippen molar-refractivity contribution < 1.29 is 17.6 Å². The smallest absolute Gasteiger partial charge is 0.251 e. The third-order valence-corrected chi connectivity index (χ3v) is 6.78. The Morgan fingerprint density at radius 1 is 1.10 bits per heavy atom. The van der Waals surface area contributed by atoms with Crippen LogP contribution in [0.1, 0.15) is 28.8 Å². The van der Waals surface area contributed by atoms with Crippen LogP contribution >= 0.6 is 0 Å². The monoisotopic (exact) mass is 411 g/mol. The Morgan fingerprint density at radius 2 is 1.86 bits per heavy atom. The summed E-state index contributed by atoms with van der Waals surface area (Å²) in [5.41, 5.74) is 1.98. The minimum atomic E-state index is -3.48. The Morgan fingerprint density at radius 3 is 2.55 bits per heavy atom. The molecule has 1 aromatic carbocycles. The van der Waals surface area contributed by atoms with Crippen molar-refractivity contribution in [2.75, 3.05) is 13.1 Å². The highest BCUT2D eigenvalue weighted by molar-refractivity contribution is 7.89. The predicted octanol–water partition coefficient (Wildman–Crippen LogP) is 3.06. The average Bonchev–Trinajstić information content (AvgIpc) is 3.47. The van der Waals surface area contributed by atoms with Gasteiger partial charge in [0.05, 0.1) is 11.2 Å². The molecule has 0 saturated carbocycles. The summed E-state index contributed by atoms with van der Waals surface area (Å²) in [6, 6.07) is 13.3. The summed E-state index contributed by atoms with van der Waals surface area (Å²) in [5, 5.41) is 2.84. The molecule has 7 nitrogen and oxygen atoms in total. The number of carbonyl (C=O) groups excluding carboxylic acids is 1. The van der Waals surface area contributed by atoms with Gasteiger partial charge in [0.25, 0.3) is 5.91 Å². The zero-order chi connectivity index (χ0) is 20.3. The number of amides is 1. The van der Waals surface area contributed by atoms with Gasteiger partial charge in [0.2, 0.25) is 10.0 Å². The van der Waals surface area contributed by atoms with Crippen molar-refractivity contribution in [1.82, 2.24) is 14.6 Å². The average molecular weight is 411 g/mol. The third kappa shape index (κ3) is 4.23. The van der Waals surface area contributed by atoms with Gasteiger partial charge in [-0.1, -0.05) is 0 Å². The molecule has 1 aliphatic rings. The first-order valence-corrected chi connectivity index (χ1v) is 10.9. The molecule has 8 heteroatoms. The number of aromatic nitrogens is 1. The SMILES string of the molecule is O=C(NCc1ccnc(-c2ccco2)c1)c1ccc(S(=O)(=O)N2CCCC2)cc1. The predicted molar refractivity (Wildman–Crippen MR) is 108 cm³/mol. The van der Waals surface area contributed by atoms with E-state index in [0.29, 0.717) is 36.7 Å². The summed E-state index contributed by atoms with van der Waals surface area (Å²) in [6.45, 7) is 1.43. The normalized spacial score (nSPS) is 14.8. The number of carbonyl (C=O) groups is 1. The molecule has 2 aromatic heterocycles. The number of nitrogens with zero attached hydrogens (tertiary/aromatic N) is 2. The second-order valence-corrected chi connectivity index (χ2v) is 8.78. The van der Waals surface area contributed by atoms with E-state index in [1.54, 1.807) is 30.7 Å². The second-order valence-electron chi connectivity index (χ2n) is 6.84.